The number of imide groups is 1. The molecule has 27 heavy (non-hydrogen) atoms. The summed E-state index contributed by atoms with van der Waals surface area (Å²) in [6.45, 7) is 11.9. The fourth-order valence-corrected chi connectivity index (χ4v) is 3.34. The molecule has 2 amide bonds. The molecule has 0 spiro atoms. The number of hydrogen-bond donors (Lipinski definition) is 1. The third kappa shape index (κ3) is 3.56. The lowest BCUT2D eigenvalue weighted by atomic mass is 9.99. The van der Waals surface area contributed by atoms with E-state index in [0.29, 0.717) is 11.3 Å². The summed E-state index contributed by atoms with van der Waals surface area (Å²) in [6.07, 6.45) is 1.56. The summed E-state index contributed by atoms with van der Waals surface area (Å²) in [5.74, 6) is -0.623. The number of benzene rings is 2. The van der Waals surface area contributed by atoms with E-state index in [2.05, 4.69) is 18.0 Å². The van der Waals surface area contributed by atoms with Crippen molar-refractivity contribution in [1.29, 1.82) is 0 Å². The van der Waals surface area contributed by atoms with Gasteiger partial charge in [-0.3, -0.25) is 14.5 Å². The maximum absolute atomic E-state index is 13.0. The number of nitrogens with one attached hydrogen (secondary N) is 1. The lowest BCUT2D eigenvalue weighted by Crippen LogP contribution is -2.32. The van der Waals surface area contributed by atoms with Crippen LogP contribution in [0.4, 0.5) is 5.69 Å². The van der Waals surface area contributed by atoms with Gasteiger partial charge in [0.15, 0.2) is 0 Å². The second-order valence-corrected chi connectivity index (χ2v) is 7.06. The smallest absolute Gasteiger partial charge is 0.278 e. The molecule has 0 saturated heterocycles. The van der Waals surface area contributed by atoms with Gasteiger partial charge in [-0.05, 0) is 67.6 Å². The molecule has 0 aromatic heterocycles. The van der Waals surface area contributed by atoms with E-state index in [-0.39, 0.29) is 18.4 Å². The van der Waals surface area contributed by atoms with Crippen molar-refractivity contribution >= 4 is 23.1 Å². The van der Waals surface area contributed by atoms with E-state index in [1.807, 2.05) is 58.0 Å². The summed E-state index contributed by atoms with van der Waals surface area (Å²) >= 11 is 0. The number of hydrogen-bond acceptors (Lipinski definition) is 3. The molecule has 0 unspecified atom stereocenters. The molecule has 3 rings (SSSR count). The largest absolute Gasteiger partial charge is 0.350 e. The van der Waals surface area contributed by atoms with Crippen molar-refractivity contribution < 1.29 is 9.59 Å². The van der Waals surface area contributed by atoms with Gasteiger partial charge in [0.05, 0.1) is 5.57 Å². The Morgan fingerprint density at radius 1 is 0.926 bits per heavy atom. The average molecular weight is 360 g/mol. The predicted octanol–water partition coefficient (Wildman–Crippen LogP) is 4.30. The van der Waals surface area contributed by atoms with E-state index < -0.39 is 0 Å². The minimum atomic E-state index is -0.327. The molecule has 0 fully saturated rings. The van der Waals surface area contributed by atoms with Crippen LogP contribution in [0.1, 0.15) is 27.8 Å². The number of anilines is 1. The minimum absolute atomic E-state index is 0.185. The highest BCUT2D eigenvalue weighted by Gasteiger charge is 2.38. The van der Waals surface area contributed by atoms with E-state index in [1.54, 1.807) is 6.08 Å². The van der Waals surface area contributed by atoms with Crippen molar-refractivity contribution in [2.24, 2.45) is 0 Å². The molecule has 2 aromatic carbocycles. The van der Waals surface area contributed by atoms with Crippen LogP contribution >= 0.6 is 0 Å². The van der Waals surface area contributed by atoms with Gasteiger partial charge in [0, 0.05) is 12.2 Å². The van der Waals surface area contributed by atoms with E-state index in [0.717, 1.165) is 33.5 Å². The lowest BCUT2D eigenvalue weighted by Gasteiger charge is -2.13. The molecule has 0 radical (unpaired) electrons. The molecule has 0 bridgehead atoms. The number of aryl methyl sites for hydroxylation is 4. The van der Waals surface area contributed by atoms with Crippen molar-refractivity contribution in [3.05, 3.63) is 82.6 Å². The van der Waals surface area contributed by atoms with Crippen LogP contribution in [-0.2, 0) is 9.59 Å². The van der Waals surface area contributed by atoms with E-state index in [4.69, 9.17) is 0 Å². The number of nitrogens with zero attached hydrogens (tertiary/aromatic N) is 1. The monoisotopic (exact) mass is 360 g/mol. The van der Waals surface area contributed by atoms with Gasteiger partial charge < -0.3 is 5.32 Å². The summed E-state index contributed by atoms with van der Waals surface area (Å²) in [5.41, 5.74) is 6.66. The molecule has 0 aliphatic carbocycles. The van der Waals surface area contributed by atoms with Crippen LogP contribution in [-0.4, -0.2) is 23.3 Å². The van der Waals surface area contributed by atoms with Crippen molar-refractivity contribution in [3.63, 3.8) is 0 Å². The van der Waals surface area contributed by atoms with Gasteiger partial charge in [0.25, 0.3) is 11.8 Å². The predicted molar refractivity (Wildman–Crippen MR) is 109 cm³/mol. The van der Waals surface area contributed by atoms with Gasteiger partial charge in [0.2, 0.25) is 0 Å². The van der Waals surface area contributed by atoms with Crippen molar-refractivity contribution in [1.82, 2.24) is 4.90 Å². The molecule has 1 N–H and O–H groups in total. The zero-order valence-electron chi connectivity index (χ0n) is 16.2. The Kier molecular flexibility index (Phi) is 5.00. The Hall–Kier alpha value is -3.14. The number of amides is 2. The van der Waals surface area contributed by atoms with Crippen LogP contribution in [0.15, 0.2) is 54.8 Å². The van der Waals surface area contributed by atoms with Crippen LogP contribution in [0, 0.1) is 27.7 Å². The maximum atomic E-state index is 13.0. The summed E-state index contributed by atoms with van der Waals surface area (Å²) in [4.78, 5) is 27.2. The maximum Gasteiger partial charge on any atom is 0.278 e. The highest BCUT2D eigenvalue weighted by atomic mass is 16.2. The highest BCUT2D eigenvalue weighted by molar-refractivity contribution is 6.36. The van der Waals surface area contributed by atoms with Gasteiger partial charge in [-0.1, -0.05) is 30.3 Å². The molecule has 1 aliphatic rings. The van der Waals surface area contributed by atoms with E-state index in [9.17, 15) is 9.59 Å². The Bertz CT molecular complexity index is 966. The molecule has 138 valence electrons. The lowest BCUT2D eigenvalue weighted by molar-refractivity contribution is -0.136. The standard InChI is InChI=1S/C23H24N2O2/c1-6-9-25-22(26)20(18-8-7-16(4)17(5)13-18)21(23(25)27)24-19-11-14(2)10-15(3)12-19/h6-8,10-13,24H,1,9H2,2-5H3. The first-order valence-corrected chi connectivity index (χ1v) is 8.96. The van der Waals surface area contributed by atoms with Gasteiger partial charge >= 0.3 is 0 Å². The van der Waals surface area contributed by atoms with Crippen LogP contribution < -0.4 is 5.32 Å². The van der Waals surface area contributed by atoms with Crippen LogP contribution in [0.3, 0.4) is 0 Å². The van der Waals surface area contributed by atoms with E-state index in [1.165, 1.54) is 4.90 Å². The van der Waals surface area contributed by atoms with Crippen LogP contribution in [0.2, 0.25) is 0 Å². The zero-order valence-corrected chi connectivity index (χ0v) is 16.2. The SMILES string of the molecule is C=CCN1C(=O)C(Nc2cc(C)cc(C)c2)=C(c2ccc(C)c(C)c2)C1=O. The molecule has 2 aromatic rings. The molecular formula is C23H24N2O2. The Morgan fingerprint density at radius 3 is 2.19 bits per heavy atom. The third-order valence-electron chi connectivity index (χ3n) is 4.77. The number of carbonyl (C=O) groups excluding carboxylic acids is 2. The number of rotatable bonds is 5. The molecule has 0 saturated carbocycles. The van der Waals surface area contributed by atoms with E-state index >= 15 is 0 Å². The molecule has 1 heterocycles. The topological polar surface area (TPSA) is 49.4 Å². The Morgan fingerprint density at radius 2 is 1.59 bits per heavy atom. The fourth-order valence-electron chi connectivity index (χ4n) is 3.34. The Labute approximate surface area is 160 Å². The zero-order chi connectivity index (χ0) is 19.7. The van der Waals surface area contributed by atoms with Crippen LogP contribution in [0.25, 0.3) is 5.57 Å². The molecular weight excluding hydrogens is 336 g/mol. The molecule has 1 aliphatic heterocycles. The highest BCUT2D eigenvalue weighted by Crippen LogP contribution is 2.31. The third-order valence-corrected chi connectivity index (χ3v) is 4.77. The second-order valence-electron chi connectivity index (χ2n) is 7.06. The minimum Gasteiger partial charge on any atom is -0.350 e. The molecule has 0 atom stereocenters. The molecule has 4 nitrogen and oxygen atoms in total. The van der Waals surface area contributed by atoms with Crippen LogP contribution in [0.5, 0.6) is 0 Å². The van der Waals surface area contributed by atoms with Gasteiger partial charge in [-0.2, -0.15) is 0 Å². The quantitative estimate of drug-likeness (QED) is 0.639. The Balaban J connectivity index is 2.13. The van der Waals surface area contributed by atoms with Crippen molar-refractivity contribution in [2.45, 2.75) is 27.7 Å². The summed E-state index contributed by atoms with van der Waals surface area (Å²) in [7, 11) is 0. The summed E-state index contributed by atoms with van der Waals surface area (Å²) in [6, 6.07) is 11.8. The first kappa shape index (κ1) is 18.6. The second kappa shape index (κ2) is 7.23. The average Bonchev–Trinajstić information content (AvgIpc) is 2.81. The summed E-state index contributed by atoms with van der Waals surface area (Å²) < 4.78 is 0. The summed E-state index contributed by atoms with van der Waals surface area (Å²) in [5, 5.41) is 3.21. The van der Waals surface area contributed by atoms with Gasteiger partial charge in [-0.25, -0.2) is 0 Å². The molecule has 4 heteroatoms. The van der Waals surface area contributed by atoms with Gasteiger partial charge in [-0.15, -0.1) is 6.58 Å². The van der Waals surface area contributed by atoms with Crippen molar-refractivity contribution in [2.75, 3.05) is 11.9 Å². The number of carbonyl (C=O) groups is 2. The first-order valence-electron chi connectivity index (χ1n) is 8.96. The fraction of sp³-hybridized carbons (Fsp3) is 0.217. The van der Waals surface area contributed by atoms with Gasteiger partial charge in [0.1, 0.15) is 5.70 Å². The first-order chi connectivity index (χ1) is 12.8. The normalized spacial score (nSPS) is 14.1. The van der Waals surface area contributed by atoms with Crippen molar-refractivity contribution in [3.8, 4) is 0 Å².